The lowest BCUT2D eigenvalue weighted by Crippen LogP contribution is -2.40. The highest BCUT2D eigenvalue weighted by Crippen LogP contribution is 2.00. The maximum absolute atomic E-state index is 5.02. The number of nitrogens with one attached hydrogen (secondary N) is 2. The Morgan fingerprint density at radius 3 is 2.82 bits per heavy atom. The van der Waals surface area contributed by atoms with Gasteiger partial charge in [-0.05, 0) is 25.9 Å². The van der Waals surface area contributed by atoms with Crippen molar-refractivity contribution in [1.82, 2.24) is 10.8 Å². The van der Waals surface area contributed by atoms with Gasteiger partial charge in [0.1, 0.15) is 0 Å². The molecular weight excluding hydrogens is 144 g/mol. The van der Waals surface area contributed by atoms with Crippen molar-refractivity contribution in [2.24, 2.45) is 0 Å². The van der Waals surface area contributed by atoms with Gasteiger partial charge in [0.2, 0.25) is 0 Å². The fourth-order valence-electron chi connectivity index (χ4n) is 1.15. The van der Waals surface area contributed by atoms with E-state index in [4.69, 9.17) is 9.57 Å². The normalized spacial score (nSPS) is 20.5. The van der Waals surface area contributed by atoms with Crippen molar-refractivity contribution in [2.45, 2.75) is 18.9 Å². The third-order valence-corrected chi connectivity index (χ3v) is 1.77. The van der Waals surface area contributed by atoms with Crippen molar-refractivity contribution < 1.29 is 9.57 Å². The number of hydrogen-bond donors (Lipinski definition) is 2. The highest BCUT2D eigenvalue weighted by Gasteiger charge is 2.11. The fraction of sp³-hybridized carbons (Fsp3) is 1.00. The lowest BCUT2D eigenvalue weighted by molar-refractivity contribution is -0.0968. The zero-order valence-electron chi connectivity index (χ0n) is 6.93. The van der Waals surface area contributed by atoms with Crippen molar-refractivity contribution in [3.63, 3.8) is 0 Å². The molecule has 4 heteroatoms. The average Bonchev–Trinajstić information content (AvgIpc) is 2.07. The smallest absolute Gasteiger partial charge is 0.166 e. The van der Waals surface area contributed by atoms with Crippen LogP contribution in [0.1, 0.15) is 12.8 Å². The molecule has 4 nitrogen and oxygen atoms in total. The number of methoxy groups -OCH3 is 1. The molecule has 11 heavy (non-hydrogen) atoms. The largest absolute Gasteiger partial charge is 0.357 e. The summed E-state index contributed by atoms with van der Waals surface area (Å²) in [6, 6.07) is 0.492. The van der Waals surface area contributed by atoms with Crippen LogP contribution in [0.2, 0.25) is 0 Å². The van der Waals surface area contributed by atoms with Crippen molar-refractivity contribution in [2.75, 3.05) is 27.0 Å². The Morgan fingerprint density at radius 1 is 1.45 bits per heavy atom. The number of ether oxygens (including phenoxy) is 1. The van der Waals surface area contributed by atoms with Crippen LogP contribution < -0.4 is 10.8 Å². The molecule has 1 rings (SSSR count). The molecule has 1 heterocycles. The molecule has 1 saturated heterocycles. The van der Waals surface area contributed by atoms with E-state index in [0.29, 0.717) is 12.8 Å². The van der Waals surface area contributed by atoms with Crippen molar-refractivity contribution in [3.8, 4) is 0 Å². The Morgan fingerprint density at radius 2 is 2.18 bits per heavy atom. The second kappa shape index (κ2) is 5.49. The second-order valence-corrected chi connectivity index (χ2v) is 2.69. The van der Waals surface area contributed by atoms with Gasteiger partial charge < -0.3 is 10.1 Å². The first-order valence-electron chi connectivity index (χ1n) is 4.00. The Kier molecular flexibility index (Phi) is 4.45. The molecule has 0 saturated carbocycles. The predicted molar refractivity (Wildman–Crippen MR) is 42.0 cm³/mol. The van der Waals surface area contributed by atoms with Gasteiger partial charge >= 0.3 is 0 Å². The Bertz CT molecular complexity index is 94.4. The number of hydrogen-bond acceptors (Lipinski definition) is 4. The summed E-state index contributed by atoms with van der Waals surface area (Å²) in [6.45, 7) is 2.48. The van der Waals surface area contributed by atoms with E-state index in [1.54, 1.807) is 7.11 Å². The maximum Gasteiger partial charge on any atom is 0.166 e. The first-order valence-corrected chi connectivity index (χ1v) is 4.00. The van der Waals surface area contributed by atoms with Gasteiger partial charge in [0.05, 0.1) is 0 Å². The van der Waals surface area contributed by atoms with E-state index in [1.165, 1.54) is 0 Å². The van der Waals surface area contributed by atoms with Crippen LogP contribution in [0.3, 0.4) is 0 Å². The summed E-state index contributed by atoms with van der Waals surface area (Å²) < 4.78 is 4.73. The molecule has 0 aromatic rings. The highest BCUT2D eigenvalue weighted by atomic mass is 16.7. The number of rotatable bonds is 4. The van der Waals surface area contributed by atoms with Crippen LogP contribution in [0.25, 0.3) is 0 Å². The Labute approximate surface area is 67.2 Å². The van der Waals surface area contributed by atoms with Crippen molar-refractivity contribution in [3.05, 3.63) is 0 Å². The van der Waals surface area contributed by atoms with Crippen molar-refractivity contribution >= 4 is 0 Å². The topological polar surface area (TPSA) is 42.5 Å². The third kappa shape index (κ3) is 3.67. The number of piperidine rings is 1. The Hall–Kier alpha value is -0.160. The van der Waals surface area contributed by atoms with E-state index in [0.717, 1.165) is 25.9 Å². The van der Waals surface area contributed by atoms with Crippen LogP contribution in [0.15, 0.2) is 0 Å². The molecule has 1 aliphatic rings. The van der Waals surface area contributed by atoms with Gasteiger partial charge in [0, 0.05) is 13.2 Å². The minimum atomic E-state index is 0.323. The van der Waals surface area contributed by atoms with Gasteiger partial charge in [-0.15, -0.1) is 0 Å². The zero-order chi connectivity index (χ0) is 7.94. The molecule has 66 valence electrons. The first-order chi connectivity index (χ1) is 5.43. The molecule has 1 fully saturated rings. The standard InChI is InChI=1S/C7H16N2O2/c1-10-6-11-9-7-2-4-8-5-3-7/h7-9H,2-6H2,1H3. The van der Waals surface area contributed by atoms with Crippen molar-refractivity contribution in [1.29, 1.82) is 0 Å². The van der Waals surface area contributed by atoms with Gasteiger partial charge in [0.25, 0.3) is 0 Å². The minimum Gasteiger partial charge on any atom is -0.357 e. The molecular formula is C7H16N2O2. The van der Waals surface area contributed by atoms with Crippen LogP contribution in [0.4, 0.5) is 0 Å². The fourth-order valence-corrected chi connectivity index (χ4v) is 1.15. The summed E-state index contributed by atoms with van der Waals surface area (Å²) in [5.74, 6) is 0. The maximum atomic E-state index is 5.02. The predicted octanol–water partition coefficient (Wildman–Crippen LogP) is -0.136. The summed E-state index contributed by atoms with van der Waals surface area (Å²) in [5.41, 5.74) is 2.96. The van der Waals surface area contributed by atoms with Gasteiger partial charge in [-0.1, -0.05) is 0 Å². The lowest BCUT2D eigenvalue weighted by atomic mass is 10.1. The van der Waals surface area contributed by atoms with E-state index in [9.17, 15) is 0 Å². The molecule has 0 amide bonds. The zero-order valence-corrected chi connectivity index (χ0v) is 6.93. The monoisotopic (exact) mass is 160 g/mol. The highest BCUT2D eigenvalue weighted by molar-refractivity contribution is 4.70. The molecule has 0 radical (unpaired) electrons. The SMILES string of the molecule is COCONC1CCNCC1. The van der Waals surface area contributed by atoms with E-state index in [-0.39, 0.29) is 0 Å². The molecule has 1 aliphatic heterocycles. The van der Waals surface area contributed by atoms with E-state index < -0.39 is 0 Å². The van der Waals surface area contributed by atoms with E-state index in [1.807, 2.05) is 0 Å². The molecule has 0 spiro atoms. The van der Waals surface area contributed by atoms with Crippen LogP contribution >= 0.6 is 0 Å². The van der Waals surface area contributed by atoms with E-state index >= 15 is 0 Å². The quantitative estimate of drug-likeness (QED) is 0.341. The summed E-state index contributed by atoms with van der Waals surface area (Å²) in [7, 11) is 1.62. The summed E-state index contributed by atoms with van der Waals surface area (Å²) in [6.07, 6.45) is 2.26. The van der Waals surface area contributed by atoms with Crippen LogP contribution in [-0.2, 0) is 9.57 Å². The molecule has 2 N–H and O–H groups in total. The Balaban J connectivity index is 1.96. The molecule has 0 bridgehead atoms. The number of hydroxylamine groups is 1. The van der Waals surface area contributed by atoms with Gasteiger partial charge in [-0.3, -0.25) is 4.84 Å². The van der Waals surface area contributed by atoms with Gasteiger partial charge in [-0.2, -0.15) is 5.48 Å². The summed E-state index contributed by atoms with van der Waals surface area (Å²) in [5, 5.41) is 3.28. The molecule has 0 aromatic carbocycles. The average molecular weight is 160 g/mol. The van der Waals surface area contributed by atoms with Crippen LogP contribution in [0.5, 0.6) is 0 Å². The molecule has 0 unspecified atom stereocenters. The molecule has 0 atom stereocenters. The van der Waals surface area contributed by atoms with Crippen LogP contribution in [0, 0.1) is 0 Å². The summed E-state index contributed by atoms with van der Waals surface area (Å²) >= 11 is 0. The minimum absolute atomic E-state index is 0.323. The second-order valence-electron chi connectivity index (χ2n) is 2.69. The molecule has 0 aliphatic carbocycles. The molecule has 0 aromatic heterocycles. The first kappa shape index (κ1) is 8.93. The van der Waals surface area contributed by atoms with Gasteiger partial charge in [-0.25, -0.2) is 0 Å². The third-order valence-electron chi connectivity index (χ3n) is 1.77. The summed E-state index contributed by atoms with van der Waals surface area (Å²) in [4.78, 5) is 5.02. The van der Waals surface area contributed by atoms with E-state index in [2.05, 4.69) is 10.8 Å². The van der Waals surface area contributed by atoms with Gasteiger partial charge in [0.15, 0.2) is 6.79 Å². The van der Waals surface area contributed by atoms with Crippen LogP contribution in [-0.4, -0.2) is 33.0 Å². The lowest BCUT2D eigenvalue weighted by Gasteiger charge is -2.22.